The highest BCUT2D eigenvalue weighted by Gasteiger charge is 2.28. The second kappa shape index (κ2) is 8.04. The van der Waals surface area contributed by atoms with Crippen LogP contribution in [0.15, 0.2) is 29.2 Å². The topological polar surface area (TPSA) is 60.9 Å². The van der Waals surface area contributed by atoms with E-state index in [1.165, 1.54) is 0 Å². The van der Waals surface area contributed by atoms with Crippen molar-refractivity contribution >= 4 is 41.7 Å². The molecule has 0 bridgehead atoms. The average Bonchev–Trinajstić information content (AvgIpc) is 2.54. The van der Waals surface area contributed by atoms with Gasteiger partial charge in [0.15, 0.2) is 0 Å². The van der Waals surface area contributed by atoms with Crippen molar-refractivity contribution in [2.24, 2.45) is 5.92 Å². The van der Waals surface area contributed by atoms with Crippen LogP contribution in [0, 0.1) is 5.92 Å². The molecule has 7 heteroatoms. The highest BCUT2D eigenvalue weighted by atomic mass is 35.5. The largest absolute Gasteiger partial charge is 0.481 e. The number of fused-ring (bicyclic) bond motifs is 1. The summed E-state index contributed by atoms with van der Waals surface area (Å²) in [7, 11) is 0. The minimum absolute atomic E-state index is 0. The van der Waals surface area contributed by atoms with Crippen LogP contribution in [0.2, 0.25) is 0 Å². The van der Waals surface area contributed by atoms with Gasteiger partial charge in [-0.1, -0.05) is 12.1 Å². The van der Waals surface area contributed by atoms with E-state index >= 15 is 0 Å². The van der Waals surface area contributed by atoms with Crippen molar-refractivity contribution in [3.63, 3.8) is 0 Å². The third kappa shape index (κ3) is 4.19. The summed E-state index contributed by atoms with van der Waals surface area (Å²) in [6.07, 6.45) is 1.27. The number of likely N-dealkylation sites (tertiary alicyclic amines) is 1. The fraction of sp³-hybridized carbons (Fsp3) is 0.500. The fourth-order valence-electron chi connectivity index (χ4n) is 3.04. The zero-order valence-electron chi connectivity index (χ0n) is 12.8. The van der Waals surface area contributed by atoms with Crippen LogP contribution in [-0.2, 0) is 9.59 Å². The number of piperidine rings is 1. The van der Waals surface area contributed by atoms with Crippen LogP contribution >= 0.6 is 24.2 Å². The van der Waals surface area contributed by atoms with E-state index in [9.17, 15) is 9.59 Å². The number of carbonyl (C=O) groups excluding carboxylic acids is 1. The number of hydrogen-bond donors (Lipinski definition) is 1. The number of aliphatic carboxylic acids is 1. The summed E-state index contributed by atoms with van der Waals surface area (Å²) < 4.78 is 0. The number of rotatable bonds is 3. The molecule has 126 valence electrons. The van der Waals surface area contributed by atoms with Crippen molar-refractivity contribution in [1.82, 2.24) is 4.90 Å². The molecule has 1 amide bonds. The maximum absolute atomic E-state index is 12.6. The van der Waals surface area contributed by atoms with Gasteiger partial charge in [-0.2, -0.15) is 0 Å². The molecule has 0 unspecified atom stereocenters. The Kier molecular flexibility index (Phi) is 6.33. The third-order valence-corrected chi connectivity index (χ3v) is 5.37. The van der Waals surface area contributed by atoms with E-state index in [1.54, 1.807) is 11.8 Å². The average molecular weight is 357 g/mol. The Balaban J connectivity index is 0.00000192. The van der Waals surface area contributed by atoms with Gasteiger partial charge in [0.25, 0.3) is 0 Å². The summed E-state index contributed by atoms with van der Waals surface area (Å²) in [6.45, 7) is 2.50. The van der Waals surface area contributed by atoms with E-state index in [-0.39, 0.29) is 24.2 Å². The minimum atomic E-state index is -0.715. The number of carbonyl (C=O) groups is 2. The van der Waals surface area contributed by atoms with Crippen LogP contribution in [-0.4, -0.2) is 53.8 Å². The molecule has 23 heavy (non-hydrogen) atoms. The number of halogens is 1. The van der Waals surface area contributed by atoms with E-state index in [0.717, 1.165) is 22.9 Å². The lowest BCUT2D eigenvalue weighted by atomic mass is 9.97. The van der Waals surface area contributed by atoms with E-state index in [1.807, 2.05) is 23.1 Å². The molecule has 3 rings (SSSR count). The molecular weight excluding hydrogens is 336 g/mol. The molecule has 1 fully saturated rings. The predicted octanol–water partition coefficient (Wildman–Crippen LogP) is 2.34. The first-order chi connectivity index (χ1) is 10.6. The number of para-hydroxylation sites is 1. The Hall–Kier alpha value is -1.24. The Morgan fingerprint density at radius 2 is 1.87 bits per heavy atom. The predicted molar refractivity (Wildman–Crippen MR) is 93.6 cm³/mol. The Morgan fingerprint density at radius 3 is 2.57 bits per heavy atom. The standard InChI is InChI=1S/C16H20N2O3S.ClH/c19-15(11-17-7-5-12(6-8-17)16(20)21)18-9-10-22-14-4-2-1-3-13(14)18;/h1-4,12H,5-11H2,(H,20,21);1H. The van der Waals surface area contributed by atoms with Gasteiger partial charge in [-0.3, -0.25) is 14.5 Å². The Morgan fingerprint density at radius 1 is 1.17 bits per heavy atom. The lowest BCUT2D eigenvalue weighted by Gasteiger charge is -2.33. The smallest absolute Gasteiger partial charge is 0.306 e. The van der Waals surface area contributed by atoms with Crippen molar-refractivity contribution in [3.8, 4) is 0 Å². The summed E-state index contributed by atoms with van der Waals surface area (Å²) in [5, 5.41) is 9.02. The first-order valence-corrected chi connectivity index (χ1v) is 8.61. The third-order valence-electron chi connectivity index (χ3n) is 4.33. The number of hydrogen-bond acceptors (Lipinski definition) is 4. The molecule has 5 nitrogen and oxygen atoms in total. The zero-order valence-corrected chi connectivity index (χ0v) is 14.4. The number of nitrogens with zero attached hydrogens (tertiary/aromatic N) is 2. The number of carboxylic acid groups (broad SMARTS) is 1. The molecule has 0 radical (unpaired) electrons. The normalized spacial score (nSPS) is 18.9. The molecule has 1 aromatic rings. The highest BCUT2D eigenvalue weighted by molar-refractivity contribution is 7.99. The minimum Gasteiger partial charge on any atom is -0.481 e. The van der Waals surface area contributed by atoms with Gasteiger partial charge >= 0.3 is 5.97 Å². The summed E-state index contributed by atoms with van der Waals surface area (Å²) in [4.78, 5) is 28.7. The quantitative estimate of drug-likeness (QED) is 0.900. The van der Waals surface area contributed by atoms with E-state index in [0.29, 0.717) is 32.5 Å². The summed E-state index contributed by atoms with van der Waals surface area (Å²) in [5.41, 5.74) is 1.00. The number of thioether (sulfide) groups is 1. The van der Waals surface area contributed by atoms with Crippen LogP contribution in [0.3, 0.4) is 0 Å². The second-order valence-corrected chi connectivity index (χ2v) is 6.89. The number of carboxylic acids is 1. The first kappa shape index (κ1) is 18.1. The maximum Gasteiger partial charge on any atom is 0.306 e. The highest BCUT2D eigenvalue weighted by Crippen LogP contribution is 2.34. The van der Waals surface area contributed by atoms with E-state index in [4.69, 9.17) is 5.11 Å². The van der Waals surface area contributed by atoms with Gasteiger partial charge in [0.2, 0.25) is 5.91 Å². The zero-order chi connectivity index (χ0) is 15.5. The number of benzene rings is 1. The Labute approximate surface area is 146 Å². The molecule has 2 heterocycles. The van der Waals surface area contributed by atoms with Crippen LogP contribution in [0.4, 0.5) is 5.69 Å². The fourth-order valence-corrected chi connectivity index (χ4v) is 4.04. The van der Waals surface area contributed by atoms with Gasteiger partial charge in [0, 0.05) is 17.2 Å². The van der Waals surface area contributed by atoms with E-state index < -0.39 is 5.97 Å². The molecule has 1 N–H and O–H groups in total. The summed E-state index contributed by atoms with van der Waals surface area (Å²) >= 11 is 1.79. The lowest BCUT2D eigenvalue weighted by Crippen LogP contribution is -2.45. The molecule has 2 aliphatic heterocycles. The molecule has 2 aliphatic rings. The molecule has 1 saturated heterocycles. The molecule has 0 atom stereocenters. The van der Waals surface area contributed by atoms with Crippen molar-refractivity contribution in [1.29, 1.82) is 0 Å². The van der Waals surface area contributed by atoms with Gasteiger partial charge in [0.05, 0.1) is 18.2 Å². The van der Waals surface area contributed by atoms with Crippen LogP contribution in [0.25, 0.3) is 0 Å². The van der Waals surface area contributed by atoms with Crippen molar-refractivity contribution in [2.75, 3.05) is 36.8 Å². The molecule has 0 spiro atoms. The molecule has 0 saturated carbocycles. The number of amides is 1. The summed E-state index contributed by atoms with van der Waals surface area (Å²) in [5.74, 6) is 0.0667. The lowest BCUT2D eigenvalue weighted by molar-refractivity contribution is -0.143. The van der Waals surface area contributed by atoms with Gasteiger partial charge in [0.1, 0.15) is 0 Å². The molecule has 1 aromatic carbocycles. The molecular formula is C16H21ClN2O3S. The van der Waals surface area contributed by atoms with Crippen molar-refractivity contribution < 1.29 is 14.7 Å². The Bertz CT molecular complexity index is 576. The van der Waals surface area contributed by atoms with Gasteiger partial charge in [-0.15, -0.1) is 24.2 Å². The SMILES string of the molecule is Cl.O=C(O)C1CCN(CC(=O)N2CCSc3ccccc32)CC1. The van der Waals surface area contributed by atoms with Gasteiger partial charge in [-0.25, -0.2) is 0 Å². The van der Waals surface area contributed by atoms with Gasteiger partial charge < -0.3 is 10.0 Å². The second-order valence-electron chi connectivity index (χ2n) is 5.75. The first-order valence-electron chi connectivity index (χ1n) is 7.62. The van der Waals surface area contributed by atoms with Crippen molar-refractivity contribution in [2.45, 2.75) is 17.7 Å². The summed E-state index contributed by atoms with van der Waals surface area (Å²) in [6, 6.07) is 8.01. The monoisotopic (exact) mass is 356 g/mol. The van der Waals surface area contributed by atoms with Gasteiger partial charge in [-0.05, 0) is 38.1 Å². The molecule has 0 aliphatic carbocycles. The van der Waals surface area contributed by atoms with Crippen LogP contribution in [0.5, 0.6) is 0 Å². The van der Waals surface area contributed by atoms with E-state index in [2.05, 4.69) is 11.0 Å². The maximum atomic E-state index is 12.6. The van der Waals surface area contributed by atoms with Crippen LogP contribution < -0.4 is 4.90 Å². The van der Waals surface area contributed by atoms with Crippen LogP contribution in [0.1, 0.15) is 12.8 Å². The molecule has 0 aromatic heterocycles. The number of anilines is 1. The van der Waals surface area contributed by atoms with Crippen molar-refractivity contribution in [3.05, 3.63) is 24.3 Å².